The number of carbonyl (C=O) groups excluding carboxylic acids is 1. The second-order valence-electron chi connectivity index (χ2n) is 13.5. The van der Waals surface area contributed by atoms with E-state index in [9.17, 15) is 20.0 Å². The molecule has 2 amide bonds. The summed E-state index contributed by atoms with van der Waals surface area (Å²) in [5.41, 5.74) is 4.84. The molecule has 0 radical (unpaired) electrons. The highest BCUT2D eigenvalue weighted by atomic mass is 16.7. The molecule has 0 aromatic heterocycles. The van der Waals surface area contributed by atoms with Crippen molar-refractivity contribution in [2.24, 2.45) is 5.92 Å². The number of para-hydroxylation sites is 1. The fraction of sp³-hybridized carbons (Fsp3) is 0.262. The van der Waals surface area contributed by atoms with E-state index in [0.717, 1.165) is 54.3 Å². The van der Waals surface area contributed by atoms with E-state index in [4.69, 9.17) is 14.2 Å². The van der Waals surface area contributed by atoms with Crippen molar-refractivity contribution in [2.45, 2.75) is 32.0 Å². The van der Waals surface area contributed by atoms with Gasteiger partial charge in [-0.25, -0.2) is 4.79 Å². The number of amides is 2. The van der Waals surface area contributed by atoms with Crippen molar-refractivity contribution < 1.29 is 29.0 Å². The van der Waals surface area contributed by atoms with Crippen LogP contribution in [0.3, 0.4) is 0 Å². The smallest absolute Gasteiger partial charge is 0.323 e. The van der Waals surface area contributed by atoms with Crippen LogP contribution in [0.2, 0.25) is 0 Å². The van der Waals surface area contributed by atoms with Crippen molar-refractivity contribution in [3.63, 3.8) is 0 Å². The number of carbonyl (C=O) groups is 1. The lowest BCUT2D eigenvalue weighted by Crippen LogP contribution is -2.51. The number of hydrogen-bond acceptors (Lipinski definition) is 9. The lowest BCUT2D eigenvalue weighted by Gasteiger charge is -2.44. The number of nitrogens with one attached hydrogen (secondary N) is 2. The van der Waals surface area contributed by atoms with Crippen LogP contribution in [0, 0.1) is 16.0 Å². The van der Waals surface area contributed by atoms with E-state index in [1.54, 1.807) is 48.5 Å². The van der Waals surface area contributed by atoms with E-state index >= 15 is 0 Å². The minimum absolute atomic E-state index is 0.00509. The van der Waals surface area contributed by atoms with Gasteiger partial charge in [0, 0.05) is 73.4 Å². The molecule has 54 heavy (non-hydrogen) atoms. The predicted octanol–water partition coefficient (Wildman–Crippen LogP) is 8.14. The Bertz CT molecular complexity index is 2000. The van der Waals surface area contributed by atoms with Crippen molar-refractivity contribution in [1.29, 1.82) is 0 Å². The summed E-state index contributed by atoms with van der Waals surface area (Å²) in [5, 5.41) is 26.5. The fourth-order valence-corrected chi connectivity index (χ4v) is 6.84. The highest BCUT2D eigenvalue weighted by Crippen LogP contribution is 2.42. The van der Waals surface area contributed by atoms with E-state index in [1.165, 1.54) is 0 Å². The van der Waals surface area contributed by atoms with E-state index in [0.29, 0.717) is 23.7 Å². The van der Waals surface area contributed by atoms with Gasteiger partial charge in [0.05, 0.1) is 23.7 Å². The summed E-state index contributed by atoms with van der Waals surface area (Å²) < 4.78 is 19.2. The maximum Gasteiger partial charge on any atom is 0.323 e. The van der Waals surface area contributed by atoms with Crippen molar-refractivity contribution in [2.75, 3.05) is 48.3 Å². The zero-order valence-corrected chi connectivity index (χ0v) is 29.9. The van der Waals surface area contributed by atoms with Crippen LogP contribution in [0.5, 0.6) is 11.5 Å². The molecular weight excluding hydrogens is 686 g/mol. The second kappa shape index (κ2) is 16.9. The number of hydrogen-bond donors (Lipinski definition) is 3. The quantitative estimate of drug-likeness (QED) is 0.0909. The van der Waals surface area contributed by atoms with Crippen LogP contribution < -0.4 is 20.3 Å². The summed E-state index contributed by atoms with van der Waals surface area (Å²) in [7, 11) is 0. The number of aliphatic hydroxyl groups is 1. The first-order chi connectivity index (χ1) is 26.3. The molecule has 12 nitrogen and oxygen atoms in total. The Morgan fingerprint density at radius 1 is 0.796 bits per heavy atom. The maximum absolute atomic E-state index is 13.0. The van der Waals surface area contributed by atoms with E-state index in [-0.39, 0.29) is 35.3 Å². The van der Waals surface area contributed by atoms with Crippen LogP contribution >= 0.6 is 0 Å². The zero-order chi connectivity index (χ0) is 37.4. The Labute approximate surface area is 314 Å². The monoisotopic (exact) mass is 729 g/mol. The van der Waals surface area contributed by atoms with Crippen molar-refractivity contribution in [3.8, 4) is 11.5 Å². The lowest BCUT2D eigenvalue weighted by atomic mass is 9.90. The second-order valence-corrected chi connectivity index (χ2v) is 13.5. The van der Waals surface area contributed by atoms with Gasteiger partial charge in [0.25, 0.3) is 5.69 Å². The van der Waals surface area contributed by atoms with Gasteiger partial charge in [-0.1, -0.05) is 61.5 Å². The first kappa shape index (κ1) is 36.6. The zero-order valence-electron chi connectivity index (χ0n) is 29.9. The van der Waals surface area contributed by atoms with Crippen LogP contribution in [0.15, 0.2) is 127 Å². The summed E-state index contributed by atoms with van der Waals surface area (Å²) in [6.45, 7) is 5.98. The van der Waals surface area contributed by atoms with Gasteiger partial charge in [0.2, 0.25) is 0 Å². The van der Waals surface area contributed by atoms with Gasteiger partial charge in [-0.05, 0) is 71.8 Å². The number of urea groups is 1. The van der Waals surface area contributed by atoms with Gasteiger partial charge in [-0.15, -0.1) is 0 Å². The molecule has 2 fully saturated rings. The summed E-state index contributed by atoms with van der Waals surface area (Å²) in [6, 6.07) is 38.3. The van der Waals surface area contributed by atoms with Gasteiger partial charge < -0.3 is 34.9 Å². The number of nitrogens with zero attached hydrogens (tertiary/aromatic N) is 3. The third kappa shape index (κ3) is 9.04. The standard InChI is InChI=1S/C42H43N5O7/c1-29-39(27-45-22-24-46(25-23-45)35-16-18-36(19-17-35)47(50)51)53-41(54-40(29)31-12-10-30(28-48)11-13-31)32-6-5-7-34(26-32)44-42(49)43-33-14-20-38(21-15-33)52-37-8-3-2-4-9-37/h2-21,26,29,39-41,48H,22-25,27-28H2,1H3,(H2,43,44,49)/t29-,39+,40+,41+/m0/s1. The molecule has 0 spiro atoms. The highest BCUT2D eigenvalue weighted by Gasteiger charge is 2.39. The van der Waals surface area contributed by atoms with Gasteiger partial charge >= 0.3 is 6.03 Å². The third-order valence-electron chi connectivity index (χ3n) is 9.87. The SMILES string of the molecule is C[C@H]1[C@@H](CN2CCN(c3ccc([N+](=O)[O-])cc3)CC2)O[C@@H](c2cccc(NC(=O)Nc3ccc(Oc4ccccc4)cc3)c2)O[C@H]1c1ccc(CO)cc1. The van der Waals surface area contributed by atoms with Crippen molar-refractivity contribution in [1.82, 2.24) is 4.90 Å². The minimum atomic E-state index is -0.697. The Hall–Kier alpha value is -5.79. The van der Waals surface area contributed by atoms with Gasteiger partial charge in [-0.3, -0.25) is 15.0 Å². The Kier molecular flexibility index (Phi) is 11.5. The van der Waals surface area contributed by atoms with Crippen LogP contribution in [0.4, 0.5) is 27.5 Å². The fourth-order valence-electron chi connectivity index (χ4n) is 6.84. The van der Waals surface area contributed by atoms with Crippen LogP contribution in [0.1, 0.15) is 36.0 Å². The normalized spacial score (nSPS) is 20.2. The molecule has 0 unspecified atom stereocenters. The van der Waals surface area contributed by atoms with Crippen molar-refractivity contribution >= 4 is 28.8 Å². The molecule has 5 aromatic rings. The number of anilines is 3. The van der Waals surface area contributed by atoms with Gasteiger partial charge in [0.1, 0.15) is 11.5 Å². The molecule has 12 heteroatoms. The molecule has 5 aromatic carbocycles. The summed E-state index contributed by atoms with van der Waals surface area (Å²) >= 11 is 0. The number of benzene rings is 5. The molecule has 3 N–H and O–H groups in total. The first-order valence-corrected chi connectivity index (χ1v) is 18.0. The number of nitro groups is 1. The van der Waals surface area contributed by atoms with Crippen molar-refractivity contribution in [3.05, 3.63) is 154 Å². The minimum Gasteiger partial charge on any atom is -0.457 e. The van der Waals surface area contributed by atoms with E-state index in [1.807, 2.05) is 78.9 Å². The van der Waals surface area contributed by atoms with Crippen LogP contribution in [0.25, 0.3) is 0 Å². The molecule has 278 valence electrons. The molecule has 2 aliphatic rings. The number of piperazine rings is 1. The molecule has 0 bridgehead atoms. The molecule has 0 aliphatic carbocycles. The summed E-state index contributed by atoms with van der Waals surface area (Å²) in [5.74, 6) is 1.39. The first-order valence-electron chi connectivity index (χ1n) is 18.0. The van der Waals surface area contributed by atoms with E-state index < -0.39 is 12.3 Å². The number of nitro benzene ring substituents is 1. The predicted molar refractivity (Wildman–Crippen MR) is 207 cm³/mol. The largest absolute Gasteiger partial charge is 0.457 e. The highest BCUT2D eigenvalue weighted by molar-refractivity contribution is 5.99. The molecule has 4 atom stereocenters. The average Bonchev–Trinajstić information content (AvgIpc) is 3.20. The Morgan fingerprint density at radius 2 is 1.48 bits per heavy atom. The summed E-state index contributed by atoms with van der Waals surface area (Å²) in [6.07, 6.45) is -1.15. The van der Waals surface area contributed by atoms with Crippen LogP contribution in [-0.2, 0) is 16.1 Å². The van der Waals surface area contributed by atoms with Crippen LogP contribution in [-0.4, -0.2) is 59.8 Å². The molecular formula is C42H43N5O7. The van der Waals surface area contributed by atoms with Gasteiger partial charge in [0.15, 0.2) is 6.29 Å². The molecule has 0 saturated carbocycles. The van der Waals surface area contributed by atoms with Gasteiger partial charge in [-0.2, -0.15) is 0 Å². The molecule has 2 aliphatic heterocycles. The number of rotatable bonds is 11. The summed E-state index contributed by atoms with van der Waals surface area (Å²) in [4.78, 5) is 28.4. The number of non-ortho nitro benzene ring substituents is 1. The molecule has 2 saturated heterocycles. The third-order valence-corrected chi connectivity index (χ3v) is 9.87. The average molecular weight is 730 g/mol. The lowest BCUT2D eigenvalue weighted by molar-refractivity contribution is -0.384. The Morgan fingerprint density at radius 3 is 2.17 bits per heavy atom. The van der Waals surface area contributed by atoms with E-state index in [2.05, 4.69) is 27.4 Å². The number of aliphatic hydroxyl groups excluding tert-OH is 1. The molecule has 2 heterocycles. The Balaban J connectivity index is 1.01. The molecule has 7 rings (SSSR count). The number of ether oxygens (including phenoxy) is 3. The maximum atomic E-state index is 13.0. The topological polar surface area (TPSA) is 139 Å².